The van der Waals surface area contributed by atoms with Gasteiger partial charge >= 0.3 is 0 Å². The minimum atomic E-state index is -0.501. The van der Waals surface area contributed by atoms with Gasteiger partial charge in [-0.15, -0.1) is 0 Å². The Morgan fingerprint density at radius 1 is 1.17 bits per heavy atom. The fourth-order valence-electron chi connectivity index (χ4n) is 5.24. The van der Waals surface area contributed by atoms with Crippen LogP contribution in [-0.2, 0) is 4.79 Å². The average Bonchev–Trinajstić information content (AvgIpc) is 3.14. The predicted molar refractivity (Wildman–Crippen MR) is 129 cm³/mol. The zero-order chi connectivity index (χ0) is 21.0. The summed E-state index contributed by atoms with van der Waals surface area (Å²) in [6.07, 6.45) is 1.79. The first kappa shape index (κ1) is 21.7. The van der Waals surface area contributed by atoms with Gasteiger partial charge in [-0.05, 0) is 48.6 Å². The number of carbonyl (C=O) groups is 1. The Balaban J connectivity index is 1.64. The summed E-state index contributed by atoms with van der Waals surface area (Å²) >= 11 is 17.5. The highest BCUT2D eigenvalue weighted by atomic mass is 79.9. The van der Waals surface area contributed by atoms with Gasteiger partial charge in [0.15, 0.2) is 5.75 Å². The molecule has 3 atom stereocenters. The lowest BCUT2D eigenvalue weighted by atomic mass is 9.43. The van der Waals surface area contributed by atoms with E-state index in [1.807, 2.05) is 30.3 Å². The van der Waals surface area contributed by atoms with Gasteiger partial charge in [0.2, 0.25) is 5.91 Å². The van der Waals surface area contributed by atoms with Crippen LogP contribution in [0.15, 0.2) is 48.5 Å². The smallest absolute Gasteiger partial charge is 0.232 e. The molecule has 2 aromatic carbocycles. The largest absolute Gasteiger partial charge is 0.455 e. The summed E-state index contributed by atoms with van der Waals surface area (Å²) in [5.74, 6) is 1.27. The second-order valence-corrected chi connectivity index (χ2v) is 12.7. The van der Waals surface area contributed by atoms with Crippen molar-refractivity contribution in [2.24, 2.45) is 16.2 Å². The van der Waals surface area contributed by atoms with Crippen molar-refractivity contribution in [1.29, 1.82) is 0 Å². The number of amides is 1. The van der Waals surface area contributed by atoms with Gasteiger partial charge < -0.3 is 10.1 Å². The van der Waals surface area contributed by atoms with E-state index in [9.17, 15) is 4.79 Å². The van der Waals surface area contributed by atoms with E-state index in [0.717, 1.165) is 12.8 Å². The van der Waals surface area contributed by atoms with Crippen molar-refractivity contribution in [3.63, 3.8) is 0 Å². The van der Waals surface area contributed by atoms with Crippen LogP contribution in [0.1, 0.15) is 26.7 Å². The first-order chi connectivity index (χ1) is 13.7. The minimum Gasteiger partial charge on any atom is -0.455 e. The van der Waals surface area contributed by atoms with Crippen molar-refractivity contribution in [3.05, 3.63) is 53.6 Å². The van der Waals surface area contributed by atoms with E-state index in [1.54, 1.807) is 18.2 Å². The molecule has 0 aliphatic heterocycles. The molecule has 7 heteroatoms. The molecule has 3 aliphatic rings. The van der Waals surface area contributed by atoms with Crippen LogP contribution in [0, 0.1) is 16.2 Å². The molecule has 0 saturated heterocycles. The van der Waals surface area contributed by atoms with Gasteiger partial charge in [0, 0.05) is 15.3 Å². The highest BCUT2D eigenvalue weighted by molar-refractivity contribution is 9.24. The molecule has 3 unspecified atom stereocenters. The summed E-state index contributed by atoms with van der Waals surface area (Å²) in [6.45, 7) is 4.37. The first-order valence-electron chi connectivity index (χ1n) is 9.43. The number of alkyl halides is 3. The van der Waals surface area contributed by atoms with Crippen molar-refractivity contribution < 1.29 is 9.53 Å². The van der Waals surface area contributed by atoms with Crippen LogP contribution in [0.3, 0.4) is 0 Å². The maximum Gasteiger partial charge on any atom is 0.232 e. The average molecular weight is 607 g/mol. The zero-order valence-electron chi connectivity index (χ0n) is 16.0. The molecule has 1 N–H and O–H groups in total. The lowest BCUT2D eigenvalue weighted by Crippen LogP contribution is -2.71. The molecule has 0 heterocycles. The number of nitrogens with one attached hydrogen (secondary N) is 1. The molecular formula is C22H21Br3ClNO2. The Morgan fingerprint density at radius 3 is 2.45 bits per heavy atom. The van der Waals surface area contributed by atoms with Crippen molar-refractivity contribution in [2.75, 3.05) is 5.32 Å². The topological polar surface area (TPSA) is 38.3 Å². The highest BCUT2D eigenvalue weighted by Gasteiger charge is 2.83. The van der Waals surface area contributed by atoms with Crippen LogP contribution in [0.2, 0.25) is 5.02 Å². The Morgan fingerprint density at radius 2 is 1.86 bits per heavy atom. The number of para-hydroxylation sites is 1. The molecule has 2 bridgehead atoms. The number of benzene rings is 2. The maximum absolute atomic E-state index is 13.6. The van der Waals surface area contributed by atoms with Gasteiger partial charge in [0.1, 0.15) is 5.75 Å². The Hall–Kier alpha value is -0.560. The molecule has 1 amide bonds. The van der Waals surface area contributed by atoms with E-state index in [2.05, 4.69) is 67.0 Å². The number of hydrogen-bond donors (Lipinski definition) is 1. The van der Waals surface area contributed by atoms with Crippen molar-refractivity contribution in [2.45, 2.75) is 35.3 Å². The second kappa shape index (κ2) is 7.54. The van der Waals surface area contributed by atoms with E-state index in [1.165, 1.54) is 0 Å². The van der Waals surface area contributed by atoms with Gasteiger partial charge in [-0.25, -0.2) is 0 Å². The number of rotatable bonds is 5. The van der Waals surface area contributed by atoms with Crippen LogP contribution in [0.25, 0.3) is 0 Å². The Bertz CT molecular complexity index is 952. The third kappa shape index (κ3) is 2.96. The van der Waals surface area contributed by atoms with Crippen molar-refractivity contribution >= 4 is 71.0 Å². The fraction of sp³-hybridized carbons (Fsp3) is 0.409. The molecule has 3 aliphatic carbocycles. The summed E-state index contributed by atoms with van der Waals surface area (Å²) in [7, 11) is 0. The maximum atomic E-state index is 13.6. The summed E-state index contributed by atoms with van der Waals surface area (Å²) in [6, 6.07) is 14.8. The molecule has 154 valence electrons. The summed E-state index contributed by atoms with van der Waals surface area (Å²) < 4.78 is 6.14. The molecule has 3 fully saturated rings. The minimum absolute atomic E-state index is 0.00155. The van der Waals surface area contributed by atoms with E-state index in [4.69, 9.17) is 16.3 Å². The molecule has 0 spiro atoms. The fourth-order valence-corrected chi connectivity index (χ4v) is 10.3. The lowest BCUT2D eigenvalue weighted by molar-refractivity contribution is -0.155. The molecule has 3 saturated carbocycles. The number of halogens is 4. The standard InChI is InChI=1S/C22H21Br3ClNO2/c1-20(2)21(18(24)25)10-11-22(20,17(21)23)19(28)27-15-12-13(26)8-9-16(15)29-14-6-4-3-5-7-14/h3-9,12,17-18H,10-11H2,1-2H3,(H,27,28). The molecule has 2 aromatic rings. The van der Waals surface area contributed by atoms with E-state index < -0.39 is 5.41 Å². The first-order valence-corrected chi connectivity index (χ1v) is 12.6. The van der Waals surface area contributed by atoms with Crippen LogP contribution < -0.4 is 10.1 Å². The van der Waals surface area contributed by atoms with Crippen LogP contribution in [-0.4, -0.2) is 14.5 Å². The van der Waals surface area contributed by atoms with Gasteiger partial charge in [-0.2, -0.15) is 0 Å². The number of ether oxygens (including phenoxy) is 1. The molecule has 0 aromatic heterocycles. The van der Waals surface area contributed by atoms with Crippen molar-refractivity contribution in [1.82, 2.24) is 0 Å². The monoisotopic (exact) mass is 603 g/mol. The summed E-state index contributed by atoms with van der Waals surface area (Å²) in [4.78, 5) is 13.7. The van der Waals surface area contributed by atoms with E-state index in [0.29, 0.717) is 22.2 Å². The Kier molecular flexibility index (Phi) is 5.63. The molecular weight excluding hydrogens is 585 g/mol. The van der Waals surface area contributed by atoms with Crippen molar-refractivity contribution in [3.8, 4) is 11.5 Å². The van der Waals surface area contributed by atoms with Crippen LogP contribution >= 0.6 is 59.4 Å². The highest BCUT2D eigenvalue weighted by Crippen LogP contribution is 2.82. The Labute approximate surface area is 201 Å². The molecule has 3 nitrogen and oxygen atoms in total. The summed E-state index contributed by atoms with van der Waals surface area (Å²) in [5, 5.41) is 3.67. The SMILES string of the molecule is CC1(C)C2(C(=O)Nc3cc(Cl)ccc3Oc3ccccc3)CCC1(C(Br)Br)C2Br. The lowest BCUT2D eigenvalue weighted by Gasteiger charge is -2.66. The van der Waals surface area contributed by atoms with Gasteiger partial charge in [-0.1, -0.05) is 91.4 Å². The number of hydrogen-bond acceptors (Lipinski definition) is 2. The predicted octanol–water partition coefficient (Wildman–Crippen LogP) is 7.76. The quantitative estimate of drug-likeness (QED) is 0.354. The van der Waals surface area contributed by atoms with Crippen LogP contribution in [0.5, 0.6) is 11.5 Å². The molecule has 0 radical (unpaired) electrons. The second-order valence-electron chi connectivity index (χ2n) is 8.31. The van der Waals surface area contributed by atoms with Gasteiger partial charge in [-0.3, -0.25) is 4.79 Å². The molecule has 5 rings (SSSR count). The van der Waals surface area contributed by atoms with E-state index >= 15 is 0 Å². The van der Waals surface area contributed by atoms with Gasteiger partial charge in [0.05, 0.1) is 14.8 Å². The third-order valence-electron chi connectivity index (χ3n) is 7.05. The summed E-state index contributed by atoms with van der Waals surface area (Å²) in [5.41, 5.74) is -0.134. The number of fused-ring (bicyclic) bond motifs is 1. The zero-order valence-corrected chi connectivity index (χ0v) is 21.5. The van der Waals surface area contributed by atoms with Crippen LogP contribution in [0.4, 0.5) is 5.69 Å². The molecule has 29 heavy (non-hydrogen) atoms. The van der Waals surface area contributed by atoms with Gasteiger partial charge in [0.25, 0.3) is 0 Å². The number of anilines is 1. The van der Waals surface area contributed by atoms with E-state index in [-0.39, 0.29) is 25.3 Å². The number of carbonyl (C=O) groups excluding carboxylic acids is 1. The third-order valence-corrected chi connectivity index (χ3v) is 10.5. The normalized spacial score (nSPS) is 29.4.